The number of rotatable bonds is 2. The van der Waals surface area contributed by atoms with E-state index < -0.39 is 27.6 Å². The molecule has 9 nitrogen and oxygen atoms in total. The van der Waals surface area contributed by atoms with E-state index in [1.165, 1.54) is 24.1 Å². The minimum atomic E-state index is -1.15. The van der Waals surface area contributed by atoms with E-state index in [1.807, 2.05) is 0 Å². The van der Waals surface area contributed by atoms with E-state index in [2.05, 4.69) is 10.3 Å². The van der Waals surface area contributed by atoms with Gasteiger partial charge in [-0.1, -0.05) is 12.1 Å². The molecule has 1 heterocycles. The molecule has 0 radical (unpaired) electrons. The van der Waals surface area contributed by atoms with Crippen LogP contribution < -0.4 is 5.32 Å². The molecule has 2 rings (SSSR count). The number of nitro benzene ring substituents is 1. The van der Waals surface area contributed by atoms with Gasteiger partial charge >= 0.3 is 6.09 Å². The summed E-state index contributed by atoms with van der Waals surface area (Å²) >= 11 is 0. The lowest BCUT2D eigenvalue weighted by molar-refractivity contribution is -0.385. The number of amides is 2. The summed E-state index contributed by atoms with van der Waals surface area (Å²) in [5.74, 6) is -0.268. The van der Waals surface area contributed by atoms with Crippen molar-refractivity contribution in [1.29, 1.82) is 0 Å². The molecular formula is C19H26N4O5. The van der Waals surface area contributed by atoms with E-state index in [0.717, 1.165) is 0 Å². The minimum Gasteiger partial charge on any atom is -0.444 e. The Morgan fingerprint density at radius 2 is 1.89 bits per heavy atom. The number of carbonyl (C=O) groups is 2. The summed E-state index contributed by atoms with van der Waals surface area (Å²) < 4.78 is 5.24. The molecule has 0 saturated heterocycles. The van der Waals surface area contributed by atoms with Gasteiger partial charge in [0.1, 0.15) is 11.1 Å². The van der Waals surface area contributed by atoms with E-state index in [1.54, 1.807) is 53.7 Å². The van der Waals surface area contributed by atoms with Crippen molar-refractivity contribution in [2.24, 2.45) is 10.4 Å². The van der Waals surface area contributed by atoms with Crippen molar-refractivity contribution in [2.45, 2.75) is 52.7 Å². The maximum Gasteiger partial charge on any atom is 0.414 e. The van der Waals surface area contributed by atoms with Gasteiger partial charge in [0.05, 0.1) is 10.3 Å². The van der Waals surface area contributed by atoms with Gasteiger partial charge in [-0.3, -0.25) is 25.1 Å². The fraction of sp³-hybridized carbons (Fsp3) is 0.526. The molecule has 0 saturated carbocycles. The normalized spacial score (nSPS) is 21.8. The van der Waals surface area contributed by atoms with Crippen molar-refractivity contribution in [3.05, 3.63) is 39.9 Å². The first-order chi connectivity index (χ1) is 12.7. The van der Waals surface area contributed by atoms with E-state index in [-0.39, 0.29) is 17.6 Å². The Labute approximate surface area is 163 Å². The zero-order valence-corrected chi connectivity index (χ0v) is 17.2. The third-order valence-corrected chi connectivity index (χ3v) is 4.94. The van der Waals surface area contributed by atoms with Crippen LogP contribution in [0, 0.1) is 15.5 Å². The van der Waals surface area contributed by atoms with Gasteiger partial charge in [0.15, 0.2) is 0 Å². The molecule has 0 fully saturated rings. The van der Waals surface area contributed by atoms with Crippen LogP contribution in [-0.4, -0.2) is 40.4 Å². The third kappa shape index (κ3) is 3.83. The maximum absolute atomic E-state index is 13.1. The number of hydrogen-bond donors (Lipinski definition) is 1. The van der Waals surface area contributed by atoms with Crippen molar-refractivity contribution >= 4 is 23.6 Å². The number of nitro groups is 1. The first kappa shape index (κ1) is 21.3. The number of nitrogens with zero attached hydrogens (tertiary/aromatic N) is 3. The summed E-state index contributed by atoms with van der Waals surface area (Å²) in [4.78, 5) is 41.8. The number of guanidine groups is 1. The largest absolute Gasteiger partial charge is 0.444 e. The van der Waals surface area contributed by atoms with Crippen LogP contribution in [0.15, 0.2) is 29.3 Å². The van der Waals surface area contributed by atoms with Crippen molar-refractivity contribution < 1.29 is 19.2 Å². The predicted octanol–water partition coefficient (Wildman–Crippen LogP) is 3.19. The predicted molar refractivity (Wildman–Crippen MR) is 104 cm³/mol. The quantitative estimate of drug-likeness (QED) is 0.615. The van der Waals surface area contributed by atoms with E-state index >= 15 is 0 Å². The third-order valence-electron chi connectivity index (χ3n) is 4.94. The molecule has 1 N–H and O–H groups in total. The van der Waals surface area contributed by atoms with Crippen molar-refractivity contribution in [1.82, 2.24) is 10.2 Å². The monoisotopic (exact) mass is 390 g/mol. The molecule has 2 amide bonds. The first-order valence-electron chi connectivity index (χ1n) is 8.82. The Morgan fingerprint density at radius 1 is 1.29 bits per heavy atom. The minimum absolute atomic E-state index is 0.0209. The first-order valence-corrected chi connectivity index (χ1v) is 8.82. The van der Waals surface area contributed by atoms with Crippen molar-refractivity contribution in [3.63, 3.8) is 0 Å². The molecule has 0 aromatic heterocycles. The van der Waals surface area contributed by atoms with Crippen LogP contribution in [-0.2, 0) is 15.1 Å². The fourth-order valence-corrected chi connectivity index (χ4v) is 3.00. The van der Waals surface area contributed by atoms with Gasteiger partial charge in [-0.25, -0.2) is 9.79 Å². The zero-order chi connectivity index (χ0) is 21.5. The van der Waals surface area contributed by atoms with Gasteiger partial charge in [0.2, 0.25) is 11.9 Å². The number of ether oxygens (including phenoxy) is 1. The molecule has 0 unspecified atom stereocenters. The number of hydrogen-bond acceptors (Lipinski definition) is 6. The lowest BCUT2D eigenvalue weighted by atomic mass is 9.68. The second-order valence-corrected chi connectivity index (χ2v) is 8.43. The molecule has 1 aromatic carbocycles. The van der Waals surface area contributed by atoms with Crippen LogP contribution in [0.5, 0.6) is 0 Å². The highest BCUT2D eigenvalue weighted by Crippen LogP contribution is 2.47. The highest BCUT2D eigenvalue weighted by Gasteiger charge is 2.53. The van der Waals surface area contributed by atoms with Gasteiger partial charge in [-0.05, 0) is 47.1 Å². The van der Waals surface area contributed by atoms with Gasteiger partial charge < -0.3 is 4.74 Å². The highest BCUT2D eigenvalue weighted by molar-refractivity contribution is 6.06. The lowest BCUT2D eigenvalue weighted by Gasteiger charge is -2.46. The summed E-state index contributed by atoms with van der Waals surface area (Å²) in [5, 5.41) is 13.7. The summed E-state index contributed by atoms with van der Waals surface area (Å²) in [6.07, 6.45) is -0.744. The summed E-state index contributed by atoms with van der Waals surface area (Å²) in [6.45, 7) is 10.3. The summed E-state index contributed by atoms with van der Waals surface area (Å²) in [5.41, 5.74) is -2.48. The SMILES string of the molecule is CN1C(=O)C(C)(C)[C@@](C)(c2cccc([N+](=O)[O-])c2)N=C1NC(=O)OC(C)(C)C. The molecule has 0 aliphatic carbocycles. The van der Waals surface area contributed by atoms with Gasteiger partial charge in [0, 0.05) is 19.2 Å². The number of alkyl carbamates (subject to hydrolysis) is 1. The second-order valence-electron chi connectivity index (χ2n) is 8.43. The van der Waals surface area contributed by atoms with Crippen molar-refractivity contribution in [3.8, 4) is 0 Å². The summed E-state index contributed by atoms with van der Waals surface area (Å²) in [7, 11) is 1.51. The zero-order valence-electron chi connectivity index (χ0n) is 17.2. The second kappa shape index (κ2) is 6.88. The van der Waals surface area contributed by atoms with E-state index in [0.29, 0.717) is 5.56 Å². The molecule has 1 aromatic rings. The molecule has 1 aliphatic heterocycles. The number of aliphatic imine (C=N–C) groups is 1. The molecule has 0 bridgehead atoms. The Morgan fingerprint density at radius 3 is 2.43 bits per heavy atom. The van der Waals surface area contributed by atoms with Crippen LogP contribution >= 0.6 is 0 Å². The van der Waals surface area contributed by atoms with Gasteiger partial charge in [-0.2, -0.15) is 0 Å². The number of non-ortho nitro benzene ring substituents is 1. The smallest absolute Gasteiger partial charge is 0.414 e. The van der Waals surface area contributed by atoms with Crippen LogP contribution in [0.25, 0.3) is 0 Å². The maximum atomic E-state index is 13.1. The molecule has 152 valence electrons. The van der Waals surface area contributed by atoms with Gasteiger partial charge in [-0.15, -0.1) is 0 Å². The topological polar surface area (TPSA) is 114 Å². The van der Waals surface area contributed by atoms with Crippen LogP contribution in [0.4, 0.5) is 10.5 Å². The standard InChI is InChI=1S/C19H26N4O5/c1-17(2,3)28-16(25)20-15-21-19(6,18(4,5)14(24)22(15)7)12-9-8-10-13(11-12)23(26)27/h8-11H,1-7H3,(H,20,21,25)/t19-/m1/s1. The Balaban J connectivity index is 2.55. The van der Waals surface area contributed by atoms with Crippen LogP contribution in [0.3, 0.4) is 0 Å². The van der Waals surface area contributed by atoms with Gasteiger partial charge in [0.25, 0.3) is 5.69 Å². The Bertz CT molecular complexity index is 856. The average molecular weight is 390 g/mol. The molecular weight excluding hydrogens is 364 g/mol. The number of benzene rings is 1. The molecule has 9 heteroatoms. The fourth-order valence-electron chi connectivity index (χ4n) is 3.00. The molecule has 1 atom stereocenters. The number of carbonyl (C=O) groups excluding carboxylic acids is 2. The molecule has 1 aliphatic rings. The van der Waals surface area contributed by atoms with Crippen LogP contribution in [0.1, 0.15) is 47.1 Å². The number of nitrogens with one attached hydrogen (secondary N) is 1. The van der Waals surface area contributed by atoms with Crippen molar-refractivity contribution in [2.75, 3.05) is 7.05 Å². The highest BCUT2D eigenvalue weighted by atomic mass is 16.6. The molecule has 28 heavy (non-hydrogen) atoms. The molecule has 0 spiro atoms. The average Bonchev–Trinajstić information content (AvgIpc) is 2.56. The lowest BCUT2D eigenvalue weighted by Crippen LogP contribution is -2.60. The van der Waals surface area contributed by atoms with Crippen LogP contribution in [0.2, 0.25) is 0 Å². The summed E-state index contributed by atoms with van der Waals surface area (Å²) in [6, 6.07) is 6.01. The van der Waals surface area contributed by atoms with E-state index in [4.69, 9.17) is 4.74 Å². The Kier molecular flexibility index (Phi) is 5.24. The van der Waals surface area contributed by atoms with E-state index in [9.17, 15) is 19.7 Å². The Hall–Kier alpha value is -2.97.